The second-order valence-electron chi connectivity index (χ2n) is 4.89. The molecule has 1 saturated heterocycles. The third kappa shape index (κ3) is 2.85. The van der Waals surface area contributed by atoms with E-state index in [1.54, 1.807) is 0 Å². The molecule has 0 aromatic carbocycles. The van der Waals surface area contributed by atoms with Crippen molar-refractivity contribution in [2.75, 3.05) is 24.6 Å². The minimum Gasteiger partial charge on any atom is -0.376 e. The molecule has 5 nitrogen and oxygen atoms in total. The van der Waals surface area contributed by atoms with Crippen molar-refractivity contribution in [2.45, 2.75) is 39.7 Å². The van der Waals surface area contributed by atoms with Crippen LogP contribution in [-0.2, 0) is 4.74 Å². The van der Waals surface area contributed by atoms with E-state index in [0.717, 1.165) is 43.8 Å². The lowest BCUT2D eigenvalue weighted by molar-refractivity contribution is 0.115. The first-order chi connectivity index (χ1) is 9.17. The van der Waals surface area contributed by atoms with Crippen molar-refractivity contribution in [3.63, 3.8) is 0 Å². The van der Waals surface area contributed by atoms with Gasteiger partial charge in [0.15, 0.2) is 5.82 Å². The van der Waals surface area contributed by atoms with Crippen LogP contribution in [0.3, 0.4) is 0 Å². The lowest BCUT2D eigenvalue weighted by atomic mass is 10.1. The molecule has 102 valence electrons. The van der Waals surface area contributed by atoms with Crippen molar-refractivity contribution < 1.29 is 4.74 Å². The van der Waals surface area contributed by atoms with E-state index in [1.165, 1.54) is 0 Å². The first-order valence-electron chi connectivity index (χ1n) is 6.77. The number of rotatable bonds is 4. The lowest BCUT2D eigenvalue weighted by Gasteiger charge is -2.25. The predicted octanol–water partition coefficient (Wildman–Crippen LogP) is 1.97. The fourth-order valence-corrected chi connectivity index (χ4v) is 2.35. The molecular formula is C14H20N4O. The van der Waals surface area contributed by atoms with Gasteiger partial charge in [0.05, 0.1) is 11.8 Å². The molecule has 2 heterocycles. The van der Waals surface area contributed by atoms with Crippen molar-refractivity contribution >= 4 is 5.82 Å². The Balaban J connectivity index is 2.27. The number of ether oxygens (including phenoxy) is 1. The van der Waals surface area contributed by atoms with Gasteiger partial charge in [0.1, 0.15) is 11.6 Å². The first kappa shape index (κ1) is 13.8. The maximum atomic E-state index is 9.35. The van der Waals surface area contributed by atoms with Crippen LogP contribution in [-0.4, -0.2) is 36.0 Å². The Hall–Kier alpha value is -1.67. The molecule has 1 aromatic rings. The number of nitriles is 1. The van der Waals surface area contributed by atoms with Crippen LogP contribution in [0.15, 0.2) is 0 Å². The number of aryl methyl sites for hydroxylation is 1. The topological polar surface area (TPSA) is 62.0 Å². The summed E-state index contributed by atoms with van der Waals surface area (Å²) in [5, 5.41) is 17.7. The highest BCUT2D eigenvalue weighted by atomic mass is 16.5. The quantitative estimate of drug-likeness (QED) is 0.828. The largest absolute Gasteiger partial charge is 0.376 e. The lowest BCUT2D eigenvalue weighted by Crippen LogP contribution is -2.33. The molecule has 0 amide bonds. The summed E-state index contributed by atoms with van der Waals surface area (Å²) in [5.74, 6) is 0.684. The van der Waals surface area contributed by atoms with Crippen LogP contribution < -0.4 is 4.90 Å². The molecule has 0 N–H and O–H groups in total. The number of hydrogen-bond donors (Lipinski definition) is 0. The zero-order chi connectivity index (χ0) is 13.8. The molecule has 1 aromatic heterocycles. The Morgan fingerprint density at radius 1 is 1.42 bits per heavy atom. The van der Waals surface area contributed by atoms with Gasteiger partial charge in [-0.15, -0.1) is 5.10 Å². The molecule has 1 aliphatic heterocycles. The molecule has 5 heteroatoms. The summed E-state index contributed by atoms with van der Waals surface area (Å²) in [6, 6.07) is 2.26. The fourth-order valence-electron chi connectivity index (χ4n) is 2.35. The van der Waals surface area contributed by atoms with Gasteiger partial charge >= 0.3 is 0 Å². The molecule has 0 spiro atoms. The number of likely N-dealkylation sites (N-methyl/N-ethyl adjacent to an activating group) is 1. The summed E-state index contributed by atoms with van der Waals surface area (Å²) in [5.41, 5.74) is 2.36. The number of hydrogen-bond acceptors (Lipinski definition) is 5. The predicted molar refractivity (Wildman–Crippen MR) is 73.1 cm³/mol. The Morgan fingerprint density at radius 3 is 2.79 bits per heavy atom. The highest BCUT2D eigenvalue weighted by Gasteiger charge is 2.22. The molecular weight excluding hydrogens is 240 g/mol. The van der Waals surface area contributed by atoms with Gasteiger partial charge in [0.2, 0.25) is 0 Å². The van der Waals surface area contributed by atoms with E-state index in [9.17, 15) is 5.26 Å². The fraction of sp³-hybridized carbons (Fsp3) is 0.643. The molecule has 0 saturated carbocycles. The number of aromatic nitrogens is 2. The van der Waals surface area contributed by atoms with Crippen LogP contribution in [0.1, 0.15) is 36.6 Å². The third-order valence-corrected chi connectivity index (χ3v) is 3.68. The minimum atomic E-state index is 0.245. The number of anilines is 1. The van der Waals surface area contributed by atoms with Gasteiger partial charge in [-0.05, 0) is 39.2 Å². The van der Waals surface area contributed by atoms with E-state index < -0.39 is 0 Å². The maximum absolute atomic E-state index is 9.35. The van der Waals surface area contributed by atoms with E-state index in [0.29, 0.717) is 11.4 Å². The molecule has 1 unspecified atom stereocenters. The summed E-state index contributed by atoms with van der Waals surface area (Å²) in [6.07, 6.45) is 2.44. The van der Waals surface area contributed by atoms with E-state index >= 15 is 0 Å². The van der Waals surface area contributed by atoms with Gasteiger partial charge in [-0.25, -0.2) is 0 Å². The molecule has 0 aliphatic carbocycles. The van der Waals surface area contributed by atoms with Gasteiger partial charge in [0.25, 0.3) is 0 Å². The normalized spacial score (nSPS) is 18.3. The first-order valence-corrected chi connectivity index (χ1v) is 6.77. The van der Waals surface area contributed by atoms with Crippen LogP contribution in [0.2, 0.25) is 0 Å². The molecule has 1 fully saturated rings. The highest BCUT2D eigenvalue weighted by Crippen LogP contribution is 2.23. The SMILES string of the molecule is CCN(CC1CCCO1)c1nnc(C)c(C)c1C#N. The summed E-state index contributed by atoms with van der Waals surface area (Å²) < 4.78 is 5.66. The number of nitrogens with zero attached hydrogens (tertiary/aromatic N) is 4. The van der Waals surface area contributed by atoms with Crippen LogP contribution in [0, 0.1) is 25.2 Å². The van der Waals surface area contributed by atoms with Crippen LogP contribution in [0.4, 0.5) is 5.82 Å². The Bertz CT molecular complexity index is 489. The van der Waals surface area contributed by atoms with E-state index in [2.05, 4.69) is 28.1 Å². The van der Waals surface area contributed by atoms with Gasteiger partial charge in [-0.3, -0.25) is 0 Å². The average molecular weight is 260 g/mol. The zero-order valence-electron chi connectivity index (χ0n) is 11.8. The summed E-state index contributed by atoms with van der Waals surface area (Å²) >= 11 is 0. The second kappa shape index (κ2) is 5.98. The molecule has 0 bridgehead atoms. The maximum Gasteiger partial charge on any atom is 0.169 e. The zero-order valence-corrected chi connectivity index (χ0v) is 11.8. The summed E-state index contributed by atoms with van der Waals surface area (Å²) in [7, 11) is 0. The molecule has 1 atom stereocenters. The Kier molecular flexibility index (Phi) is 4.33. The van der Waals surface area contributed by atoms with Crippen molar-refractivity contribution in [3.05, 3.63) is 16.8 Å². The summed E-state index contributed by atoms with van der Waals surface area (Å²) in [4.78, 5) is 2.09. The Labute approximate surface area is 114 Å². The van der Waals surface area contributed by atoms with Gasteiger partial charge in [0, 0.05) is 19.7 Å². The smallest absolute Gasteiger partial charge is 0.169 e. The minimum absolute atomic E-state index is 0.245. The van der Waals surface area contributed by atoms with Gasteiger partial charge in [-0.1, -0.05) is 0 Å². The molecule has 19 heavy (non-hydrogen) atoms. The highest BCUT2D eigenvalue weighted by molar-refractivity contribution is 5.57. The summed E-state index contributed by atoms with van der Waals surface area (Å²) in [6.45, 7) is 8.28. The van der Waals surface area contributed by atoms with Crippen LogP contribution in [0.25, 0.3) is 0 Å². The average Bonchev–Trinajstić information content (AvgIpc) is 2.92. The third-order valence-electron chi connectivity index (χ3n) is 3.68. The van der Waals surface area contributed by atoms with E-state index in [-0.39, 0.29) is 6.10 Å². The standard InChI is InChI=1S/C14H20N4O/c1-4-18(9-12-6-5-7-19-12)14-13(8-15)10(2)11(3)16-17-14/h12H,4-7,9H2,1-3H3. The van der Waals surface area contributed by atoms with Gasteiger partial charge in [-0.2, -0.15) is 10.4 Å². The van der Waals surface area contributed by atoms with Crippen molar-refractivity contribution in [1.29, 1.82) is 5.26 Å². The van der Waals surface area contributed by atoms with E-state index in [4.69, 9.17) is 4.74 Å². The van der Waals surface area contributed by atoms with Gasteiger partial charge < -0.3 is 9.64 Å². The molecule has 1 aliphatic rings. The van der Waals surface area contributed by atoms with Crippen LogP contribution in [0.5, 0.6) is 0 Å². The second-order valence-corrected chi connectivity index (χ2v) is 4.89. The van der Waals surface area contributed by atoms with Crippen molar-refractivity contribution in [2.24, 2.45) is 0 Å². The molecule has 2 rings (SSSR count). The van der Waals surface area contributed by atoms with Crippen molar-refractivity contribution in [1.82, 2.24) is 10.2 Å². The monoisotopic (exact) mass is 260 g/mol. The van der Waals surface area contributed by atoms with Crippen LogP contribution >= 0.6 is 0 Å². The van der Waals surface area contributed by atoms with E-state index in [1.807, 2.05) is 13.8 Å². The Morgan fingerprint density at radius 2 is 2.21 bits per heavy atom. The molecule has 0 radical (unpaired) electrons. The van der Waals surface area contributed by atoms with Crippen molar-refractivity contribution in [3.8, 4) is 6.07 Å².